The van der Waals surface area contributed by atoms with Crippen molar-refractivity contribution in [2.45, 2.75) is 51.6 Å². The van der Waals surface area contributed by atoms with E-state index in [2.05, 4.69) is 19.9 Å². The van der Waals surface area contributed by atoms with Gasteiger partial charge in [-0.05, 0) is 25.2 Å². The molecule has 13 heavy (non-hydrogen) atoms. The second-order valence-electron chi connectivity index (χ2n) is 4.56. The van der Waals surface area contributed by atoms with Gasteiger partial charge in [-0.25, -0.2) is 0 Å². The Labute approximate surface area is 80.6 Å². The highest BCUT2D eigenvalue weighted by Crippen LogP contribution is 2.42. The van der Waals surface area contributed by atoms with Gasteiger partial charge in [-0.2, -0.15) is 5.26 Å². The molecule has 0 saturated heterocycles. The lowest BCUT2D eigenvalue weighted by Gasteiger charge is -2.42. The van der Waals surface area contributed by atoms with Crippen LogP contribution in [0.15, 0.2) is 0 Å². The van der Waals surface area contributed by atoms with Gasteiger partial charge in [0, 0.05) is 0 Å². The molecule has 0 aromatic heterocycles. The fraction of sp³-hybridized carbons (Fsp3) is 0.909. The Hall–Kier alpha value is -0.550. The molecular formula is C11H19NO. The summed E-state index contributed by atoms with van der Waals surface area (Å²) < 4.78 is 0. The summed E-state index contributed by atoms with van der Waals surface area (Å²) in [6.07, 6.45) is 4.62. The van der Waals surface area contributed by atoms with Crippen LogP contribution < -0.4 is 0 Å². The number of nitrogens with zero attached hydrogens (tertiary/aromatic N) is 1. The molecule has 1 fully saturated rings. The zero-order valence-corrected chi connectivity index (χ0v) is 8.58. The largest absolute Gasteiger partial charge is 0.390 e. The van der Waals surface area contributed by atoms with E-state index in [9.17, 15) is 5.11 Å². The van der Waals surface area contributed by atoms with Crippen molar-refractivity contribution >= 4 is 0 Å². The Morgan fingerprint density at radius 3 is 2.69 bits per heavy atom. The first kappa shape index (κ1) is 10.5. The van der Waals surface area contributed by atoms with Crippen molar-refractivity contribution in [2.24, 2.45) is 11.8 Å². The molecule has 0 aliphatic heterocycles. The summed E-state index contributed by atoms with van der Waals surface area (Å²) in [5, 5.41) is 18.6. The van der Waals surface area contributed by atoms with Crippen LogP contribution in [0.3, 0.4) is 0 Å². The first-order chi connectivity index (χ1) is 6.09. The molecule has 1 rings (SSSR count). The van der Waals surface area contributed by atoms with Crippen LogP contribution in [-0.4, -0.2) is 10.7 Å². The zero-order valence-electron chi connectivity index (χ0n) is 8.58. The van der Waals surface area contributed by atoms with Crippen molar-refractivity contribution < 1.29 is 5.11 Å². The summed E-state index contributed by atoms with van der Waals surface area (Å²) in [5.41, 5.74) is -0.505. The second-order valence-corrected chi connectivity index (χ2v) is 4.56. The highest BCUT2D eigenvalue weighted by molar-refractivity contribution is 5.03. The van der Waals surface area contributed by atoms with Crippen LogP contribution in [0.1, 0.15) is 46.0 Å². The standard InChI is InChI=1S/C11H19NO/c1-3-4-9(2)5-11(13)6-10(7-11)8-12/h9-10,13H,3-7H2,1-2H3/t9?,10-,11-. The third kappa shape index (κ3) is 2.70. The number of nitriles is 1. The van der Waals surface area contributed by atoms with Gasteiger partial charge in [-0.15, -0.1) is 0 Å². The van der Waals surface area contributed by atoms with Crippen LogP contribution in [0, 0.1) is 23.2 Å². The van der Waals surface area contributed by atoms with E-state index in [1.54, 1.807) is 0 Å². The topological polar surface area (TPSA) is 44.0 Å². The molecule has 1 saturated carbocycles. The van der Waals surface area contributed by atoms with Crippen LogP contribution >= 0.6 is 0 Å². The van der Waals surface area contributed by atoms with Gasteiger partial charge >= 0.3 is 0 Å². The summed E-state index contributed by atoms with van der Waals surface area (Å²) in [4.78, 5) is 0. The molecule has 0 aromatic rings. The van der Waals surface area contributed by atoms with E-state index in [1.165, 1.54) is 12.8 Å². The Kier molecular flexibility index (Phi) is 3.33. The van der Waals surface area contributed by atoms with Gasteiger partial charge in [0.15, 0.2) is 0 Å². The molecule has 0 radical (unpaired) electrons. The average molecular weight is 181 g/mol. The van der Waals surface area contributed by atoms with E-state index in [1.807, 2.05) is 0 Å². The predicted octanol–water partition coefficient (Wildman–Crippen LogP) is 2.48. The molecule has 1 atom stereocenters. The molecule has 1 aliphatic rings. The smallest absolute Gasteiger partial charge is 0.0675 e. The highest BCUT2D eigenvalue weighted by Gasteiger charge is 2.43. The minimum Gasteiger partial charge on any atom is -0.390 e. The summed E-state index contributed by atoms with van der Waals surface area (Å²) in [6, 6.07) is 2.20. The summed E-state index contributed by atoms with van der Waals surface area (Å²) >= 11 is 0. The minimum atomic E-state index is -0.505. The maximum atomic E-state index is 9.96. The average Bonchev–Trinajstić information content (AvgIpc) is 2.00. The fourth-order valence-corrected chi connectivity index (χ4v) is 2.36. The number of hydrogen-bond donors (Lipinski definition) is 1. The third-order valence-corrected chi connectivity index (χ3v) is 2.95. The van der Waals surface area contributed by atoms with E-state index in [-0.39, 0.29) is 5.92 Å². The second kappa shape index (κ2) is 4.11. The molecule has 1 aliphatic carbocycles. The molecule has 0 spiro atoms. The quantitative estimate of drug-likeness (QED) is 0.724. The first-order valence-corrected chi connectivity index (χ1v) is 5.21. The van der Waals surface area contributed by atoms with Gasteiger partial charge in [-0.1, -0.05) is 26.7 Å². The van der Waals surface area contributed by atoms with Crippen molar-refractivity contribution in [3.63, 3.8) is 0 Å². The number of hydrogen-bond acceptors (Lipinski definition) is 2. The SMILES string of the molecule is CCCC(C)C[C@]1(O)C[C@H](C#N)C1. The monoisotopic (exact) mass is 181 g/mol. The summed E-state index contributed by atoms with van der Waals surface area (Å²) in [7, 11) is 0. The zero-order chi connectivity index (χ0) is 9.90. The lowest BCUT2D eigenvalue weighted by molar-refractivity contribution is -0.0734. The van der Waals surface area contributed by atoms with Crippen LogP contribution in [-0.2, 0) is 0 Å². The Morgan fingerprint density at radius 2 is 2.23 bits per heavy atom. The Bertz CT molecular complexity index is 201. The molecule has 0 aromatic carbocycles. The normalized spacial score (nSPS) is 34.8. The highest BCUT2D eigenvalue weighted by atomic mass is 16.3. The molecule has 0 amide bonds. The molecule has 2 heteroatoms. The first-order valence-electron chi connectivity index (χ1n) is 5.21. The molecule has 1 N–H and O–H groups in total. The van der Waals surface area contributed by atoms with Gasteiger partial charge in [-0.3, -0.25) is 0 Å². The lowest BCUT2D eigenvalue weighted by atomic mass is 9.67. The van der Waals surface area contributed by atoms with Crippen molar-refractivity contribution in [3.05, 3.63) is 0 Å². The summed E-state index contributed by atoms with van der Waals surface area (Å²) in [5.74, 6) is 0.702. The van der Waals surface area contributed by atoms with Crippen molar-refractivity contribution in [1.82, 2.24) is 0 Å². The van der Waals surface area contributed by atoms with E-state index >= 15 is 0 Å². The van der Waals surface area contributed by atoms with Crippen molar-refractivity contribution in [3.8, 4) is 6.07 Å². The van der Waals surface area contributed by atoms with E-state index in [4.69, 9.17) is 5.26 Å². The van der Waals surface area contributed by atoms with Crippen LogP contribution in [0.2, 0.25) is 0 Å². The Balaban J connectivity index is 2.26. The lowest BCUT2D eigenvalue weighted by Crippen LogP contribution is -2.44. The van der Waals surface area contributed by atoms with Crippen molar-refractivity contribution in [1.29, 1.82) is 5.26 Å². The van der Waals surface area contributed by atoms with Gasteiger partial charge in [0.05, 0.1) is 17.6 Å². The van der Waals surface area contributed by atoms with E-state index in [0.29, 0.717) is 18.8 Å². The van der Waals surface area contributed by atoms with Crippen molar-refractivity contribution in [2.75, 3.05) is 0 Å². The van der Waals surface area contributed by atoms with Gasteiger partial charge in [0.2, 0.25) is 0 Å². The third-order valence-electron chi connectivity index (χ3n) is 2.95. The van der Waals surface area contributed by atoms with Gasteiger partial charge in [0.25, 0.3) is 0 Å². The maximum absolute atomic E-state index is 9.96. The van der Waals surface area contributed by atoms with Crippen LogP contribution in [0.5, 0.6) is 0 Å². The maximum Gasteiger partial charge on any atom is 0.0675 e. The van der Waals surface area contributed by atoms with Gasteiger partial charge < -0.3 is 5.11 Å². The summed E-state index contributed by atoms with van der Waals surface area (Å²) in [6.45, 7) is 4.35. The van der Waals surface area contributed by atoms with Crippen LogP contribution in [0.25, 0.3) is 0 Å². The van der Waals surface area contributed by atoms with E-state index in [0.717, 1.165) is 6.42 Å². The molecule has 1 unspecified atom stereocenters. The minimum absolute atomic E-state index is 0.110. The molecule has 0 bridgehead atoms. The van der Waals surface area contributed by atoms with E-state index < -0.39 is 5.60 Å². The van der Waals surface area contributed by atoms with Crippen LogP contribution in [0.4, 0.5) is 0 Å². The number of rotatable bonds is 4. The molecule has 0 heterocycles. The predicted molar refractivity (Wildman–Crippen MR) is 52.0 cm³/mol. The molecule has 2 nitrogen and oxygen atoms in total. The fourth-order valence-electron chi connectivity index (χ4n) is 2.36. The Morgan fingerprint density at radius 1 is 1.62 bits per heavy atom. The molecular weight excluding hydrogens is 162 g/mol. The molecule has 74 valence electrons. The van der Waals surface area contributed by atoms with Gasteiger partial charge in [0.1, 0.15) is 0 Å². The number of aliphatic hydroxyl groups is 1.